The molecule has 4 aromatic rings. The van der Waals surface area contributed by atoms with Crippen molar-refractivity contribution in [2.45, 2.75) is 49.7 Å². The molecule has 1 unspecified atom stereocenters. The third-order valence-corrected chi connectivity index (χ3v) is 11.0. The summed E-state index contributed by atoms with van der Waals surface area (Å²) in [5.74, 6) is 0.719. The van der Waals surface area contributed by atoms with Crippen molar-refractivity contribution < 1.29 is 13.9 Å². The highest BCUT2D eigenvalue weighted by Gasteiger charge is 2.35. The van der Waals surface area contributed by atoms with E-state index >= 15 is 4.39 Å². The van der Waals surface area contributed by atoms with Crippen molar-refractivity contribution in [1.29, 1.82) is 0 Å². The lowest BCUT2D eigenvalue weighted by atomic mass is 10.1. The first-order valence-electron chi connectivity index (χ1n) is 14.5. The molecule has 1 saturated heterocycles. The van der Waals surface area contributed by atoms with Crippen molar-refractivity contribution in [2.75, 3.05) is 42.7 Å². The number of fused-ring (bicyclic) bond motifs is 1. The number of para-hydroxylation sites is 1. The fourth-order valence-electron chi connectivity index (χ4n) is 6.63. The second-order valence-corrected chi connectivity index (χ2v) is 13.4. The topological polar surface area (TPSA) is 55.5 Å². The van der Waals surface area contributed by atoms with Crippen LogP contribution in [-0.4, -0.2) is 66.8 Å². The lowest BCUT2D eigenvalue weighted by Gasteiger charge is -2.36. The molecule has 2 aromatic carbocycles. The molecule has 1 fully saturated rings. The van der Waals surface area contributed by atoms with Crippen molar-refractivity contribution >= 4 is 78.7 Å². The van der Waals surface area contributed by atoms with Crippen LogP contribution in [-0.2, 0) is 11.3 Å². The van der Waals surface area contributed by atoms with E-state index in [0.717, 1.165) is 60.3 Å². The van der Waals surface area contributed by atoms with Crippen molar-refractivity contribution in [2.24, 2.45) is 5.92 Å². The molecule has 2 aliphatic heterocycles. The number of methoxy groups -OCH3 is 1. The van der Waals surface area contributed by atoms with Gasteiger partial charge < -0.3 is 23.7 Å². The van der Waals surface area contributed by atoms with Crippen molar-refractivity contribution in [3.63, 3.8) is 0 Å². The van der Waals surface area contributed by atoms with E-state index in [4.69, 9.17) is 9.72 Å². The minimum absolute atomic E-state index is 0.113. The summed E-state index contributed by atoms with van der Waals surface area (Å²) in [6, 6.07) is 12.1. The summed E-state index contributed by atoms with van der Waals surface area (Å²) >= 11 is 4.72. The molecule has 10 heteroatoms. The standard InChI is InChI=1S/C31H36FI2N5O2/c1-4-22-18-36(10-7-11-41-3)25-9-6-8-20-15-26(39(22)28(20)25)30-35-24-14-21(13-23(32)29(24)37(30)5-2)31(40)38-17-19(16-33)12-27(38)34/h6,8-9,13-15,19,22,27H,4-5,7,10-12,16-18H2,1-3H3/t19-,22?,27+/m1/s1. The molecule has 7 nitrogen and oxygen atoms in total. The average molecular weight is 783 g/mol. The number of amides is 1. The highest BCUT2D eigenvalue weighted by Crippen LogP contribution is 2.42. The molecule has 0 saturated carbocycles. The Balaban J connectivity index is 1.46. The number of aryl methyl sites for hydroxylation is 1. The zero-order valence-electron chi connectivity index (χ0n) is 23.7. The molecule has 1 amide bonds. The minimum Gasteiger partial charge on any atom is -0.385 e. The van der Waals surface area contributed by atoms with E-state index in [1.807, 2.05) is 16.4 Å². The molecule has 2 aromatic heterocycles. The van der Waals surface area contributed by atoms with E-state index in [1.54, 1.807) is 13.2 Å². The lowest BCUT2D eigenvalue weighted by molar-refractivity contribution is 0.0781. The van der Waals surface area contributed by atoms with Crippen molar-refractivity contribution in [1.82, 2.24) is 19.0 Å². The fraction of sp³-hybridized carbons (Fsp3) is 0.484. The second kappa shape index (κ2) is 12.0. The molecule has 218 valence electrons. The molecular weight excluding hydrogens is 747 g/mol. The Morgan fingerprint density at radius 3 is 2.71 bits per heavy atom. The third kappa shape index (κ3) is 5.05. The predicted octanol–water partition coefficient (Wildman–Crippen LogP) is 7.28. The number of halogens is 3. The summed E-state index contributed by atoms with van der Waals surface area (Å²) in [5.41, 5.74) is 4.79. The van der Waals surface area contributed by atoms with Gasteiger partial charge in [0.1, 0.15) is 11.3 Å². The number of hydrogen-bond donors (Lipinski definition) is 0. The van der Waals surface area contributed by atoms with E-state index in [9.17, 15) is 4.79 Å². The molecule has 2 aliphatic rings. The van der Waals surface area contributed by atoms with Crippen LogP contribution in [0.3, 0.4) is 0 Å². The largest absolute Gasteiger partial charge is 0.385 e. The maximum absolute atomic E-state index is 15.9. The van der Waals surface area contributed by atoms with Gasteiger partial charge in [-0.1, -0.05) is 64.2 Å². The highest BCUT2D eigenvalue weighted by molar-refractivity contribution is 14.1. The van der Waals surface area contributed by atoms with Crippen LogP contribution in [0.5, 0.6) is 0 Å². The predicted molar refractivity (Wildman–Crippen MR) is 180 cm³/mol. The molecular formula is C31H36FI2N5O2. The van der Waals surface area contributed by atoms with Gasteiger partial charge in [-0.25, -0.2) is 9.37 Å². The molecule has 0 spiro atoms. The van der Waals surface area contributed by atoms with Gasteiger partial charge in [-0.05, 0) is 56.4 Å². The van der Waals surface area contributed by atoms with Crippen LogP contribution in [0.1, 0.15) is 49.5 Å². The number of carbonyl (C=O) groups excluding carboxylic acids is 1. The van der Waals surface area contributed by atoms with E-state index in [0.29, 0.717) is 35.6 Å². The molecule has 0 bridgehead atoms. The Labute approximate surface area is 267 Å². The van der Waals surface area contributed by atoms with Gasteiger partial charge in [0.2, 0.25) is 0 Å². The number of hydrogen-bond acceptors (Lipinski definition) is 4. The number of imidazole rings is 1. The number of rotatable bonds is 9. The Bertz CT molecular complexity index is 1600. The van der Waals surface area contributed by atoms with Crippen LogP contribution in [0.2, 0.25) is 0 Å². The summed E-state index contributed by atoms with van der Waals surface area (Å²) in [7, 11) is 1.75. The van der Waals surface area contributed by atoms with E-state index in [1.165, 1.54) is 17.3 Å². The van der Waals surface area contributed by atoms with Gasteiger partial charge in [0.25, 0.3) is 5.91 Å². The number of carbonyl (C=O) groups is 1. The Morgan fingerprint density at radius 1 is 1.17 bits per heavy atom. The van der Waals surface area contributed by atoms with Gasteiger partial charge in [0.15, 0.2) is 5.82 Å². The van der Waals surface area contributed by atoms with Gasteiger partial charge in [-0.3, -0.25) is 4.79 Å². The Morgan fingerprint density at radius 2 is 2.00 bits per heavy atom. The number of nitrogens with zero attached hydrogens (tertiary/aromatic N) is 5. The van der Waals surface area contributed by atoms with Crippen molar-refractivity contribution in [3.8, 4) is 11.5 Å². The van der Waals surface area contributed by atoms with Crippen LogP contribution in [0.15, 0.2) is 36.4 Å². The van der Waals surface area contributed by atoms with Crippen LogP contribution in [0, 0.1) is 11.7 Å². The summed E-state index contributed by atoms with van der Waals surface area (Å²) in [6.07, 6.45) is 2.91. The fourth-order valence-corrected chi connectivity index (χ4v) is 8.47. The number of benzene rings is 2. The number of ether oxygens (including phenoxy) is 1. The first kappa shape index (κ1) is 29.2. The molecule has 41 heavy (non-hydrogen) atoms. The molecule has 3 atom stereocenters. The minimum atomic E-state index is -0.395. The highest BCUT2D eigenvalue weighted by atomic mass is 127. The van der Waals surface area contributed by atoms with E-state index in [-0.39, 0.29) is 16.0 Å². The first-order valence-corrected chi connectivity index (χ1v) is 17.3. The van der Waals surface area contributed by atoms with Crippen molar-refractivity contribution in [3.05, 3.63) is 47.8 Å². The SMILES string of the molecule is CCC1CN(CCCOC)c2cccc3cc(-c4nc5cc(C(=O)N6C[C@@H](CI)C[C@H]6I)cc(F)c5n4CC)n1c23. The third-order valence-electron chi connectivity index (χ3n) is 8.61. The molecule has 4 heterocycles. The van der Waals surface area contributed by atoms with Gasteiger partial charge in [0.05, 0.1) is 32.5 Å². The zero-order chi connectivity index (χ0) is 28.8. The zero-order valence-corrected chi connectivity index (χ0v) is 28.1. The first-order chi connectivity index (χ1) is 19.9. The Kier molecular flexibility index (Phi) is 8.52. The molecule has 0 aliphatic carbocycles. The normalized spacial score (nSPS) is 20.6. The maximum atomic E-state index is 15.9. The van der Waals surface area contributed by atoms with Crippen LogP contribution in [0.25, 0.3) is 33.5 Å². The Hall–Kier alpha value is -1.93. The maximum Gasteiger partial charge on any atom is 0.254 e. The quantitative estimate of drug-likeness (QED) is 0.0776. The number of anilines is 1. The van der Waals surface area contributed by atoms with E-state index < -0.39 is 5.82 Å². The molecule has 6 rings (SSSR count). The lowest BCUT2D eigenvalue weighted by Crippen LogP contribution is -2.36. The monoisotopic (exact) mass is 783 g/mol. The number of alkyl halides is 2. The molecule has 0 N–H and O–H groups in total. The van der Waals surface area contributed by atoms with Gasteiger partial charge >= 0.3 is 0 Å². The summed E-state index contributed by atoms with van der Waals surface area (Å²) in [5, 5.41) is 1.16. The van der Waals surface area contributed by atoms with Gasteiger partial charge in [0, 0.05) is 55.3 Å². The number of aromatic nitrogens is 3. The van der Waals surface area contributed by atoms with E-state index in [2.05, 4.69) is 85.8 Å². The van der Waals surface area contributed by atoms with Crippen LogP contribution in [0.4, 0.5) is 10.1 Å². The van der Waals surface area contributed by atoms with Gasteiger partial charge in [-0.15, -0.1) is 0 Å². The average Bonchev–Trinajstić information content (AvgIpc) is 3.67. The summed E-state index contributed by atoms with van der Waals surface area (Å²) < 4.78 is 26.7. The summed E-state index contributed by atoms with van der Waals surface area (Å²) in [6.45, 7) is 8.12. The van der Waals surface area contributed by atoms with Crippen LogP contribution < -0.4 is 4.90 Å². The smallest absolute Gasteiger partial charge is 0.254 e. The molecule has 0 radical (unpaired) electrons. The second-order valence-electron chi connectivity index (χ2n) is 11.1. The van der Waals surface area contributed by atoms with Crippen LogP contribution >= 0.6 is 45.2 Å². The van der Waals surface area contributed by atoms with Gasteiger partial charge in [-0.2, -0.15) is 0 Å². The number of likely N-dealkylation sites (tertiary alicyclic amines) is 1. The summed E-state index contributed by atoms with van der Waals surface area (Å²) in [4.78, 5) is 22.9.